The Morgan fingerprint density at radius 3 is 2.59 bits per heavy atom. The highest BCUT2D eigenvalue weighted by atomic mass is 32.1. The van der Waals surface area contributed by atoms with Crippen LogP contribution >= 0.6 is 11.3 Å². The summed E-state index contributed by atoms with van der Waals surface area (Å²) in [4.78, 5) is 38.2. The second kappa shape index (κ2) is 9.66. The number of hydrogen-bond donors (Lipinski definition) is 1. The zero-order valence-corrected chi connectivity index (χ0v) is 19.7. The first-order valence-corrected chi connectivity index (χ1v) is 12.6. The van der Waals surface area contributed by atoms with Gasteiger partial charge in [-0.25, -0.2) is 14.4 Å². The summed E-state index contributed by atoms with van der Waals surface area (Å²) < 4.78 is 18.6. The zero-order valence-electron chi connectivity index (χ0n) is 18.9. The van der Waals surface area contributed by atoms with Crippen LogP contribution in [0.15, 0.2) is 24.3 Å². The zero-order chi connectivity index (χ0) is 23.7. The van der Waals surface area contributed by atoms with Crippen molar-refractivity contribution in [2.24, 2.45) is 5.92 Å². The van der Waals surface area contributed by atoms with E-state index in [1.165, 1.54) is 47.5 Å². The summed E-state index contributed by atoms with van der Waals surface area (Å²) in [5.74, 6) is -0.244. The van der Waals surface area contributed by atoms with Crippen molar-refractivity contribution in [2.45, 2.75) is 51.6 Å². The Bertz CT molecular complexity index is 1220. The SMILES string of the molecule is Nc1nc(COC(=O)C2CCN(C(=O)c3ccc(F)cc3)CC2)nc2sc3c(c12)CCCCC3. The molecule has 5 rings (SSSR count). The summed E-state index contributed by atoms with van der Waals surface area (Å²) in [5, 5.41) is 0.968. The second-order valence-corrected chi connectivity index (χ2v) is 10.0. The van der Waals surface area contributed by atoms with E-state index >= 15 is 0 Å². The van der Waals surface area contributed by atoms with Gasteiger partial charge in [0.15, 0.2) is 12.4 Å². The number of ether oxygens (including phenoxy) is 1. The number of carbonyl (C=O) groups excluding carboxylic acids is 2. The summed E-state index contributed by atoms with van der Waals surface area (Å²) in [6, 6.07) is 5.50. The van der Waals surface area contributed by atoms with Gasteiger partial charge in [-0.15, -0.1) is 11.3 Å². The first-order chi connectivity index (χ1) is 16.5. The lowest BCUT2D eigenvalue weighted by atomic mass is 9.96. The van der Waals surface area contributed by atoms with E-state index in [1.54, 1.807) is 16.2 Å². The van der Waals surface area contributed by atoms with Crippen molar-refractivity contribution < 1.29 is 18.7 Å². The number of amides is 1. The van der Waals surface area contributed by atoms with Gasteiger partial charge in [0, 0.05) is 23.5 Å². The molecule has 2 aromatic heterocycles. The van der Waals surface area contributed by atoms with Gasteiger partial charge in [0.25, 0.3) is 5.91 Å². The monoisotopic (exact) mass is 482 g/mol. The molecule has 0 spiro atoms. The minimum absolute atomic E-state index is 0.0176. The average molecular weight is 483 g/mol. The van der Waals surface area contributed by atoms with Gasteiger partial charge in [-0.3, -0.25) is 9.59 Å². The standard InChI is InChI=1S/C25H27FN4O3S/c26-17-8-6-15(7-9-17)24(31)30-12-10-16(11-13-30)25(32)33-14-20-28-22(27)21-18-4-2-1-3-5-19(18)34-23(21)29-20/h6-9,16H,1-5,10-14H2,(H2,27,28,29). The molecule has 0 unspecified atom stereocenters. The van der Waals surface area contributed by atoms with Crippen LogP contribution in [-0.4, -0.2) is 39.8 Å². The minimum Gasteiger partial charge on any atom is -0.457 e. The predicted molar refractivity (Wildman–Crippen MR) is 128 cm³/mol. The number of piperidine rings is 1. The Morgan fingerprint density at radius 2 is 1.82 bits per heavy atom. The third kappa shape index (κ3) is 4.61. The number of hydrogen-bond acceptors (Lipinski definition) is 7. The summed E-state index contributed by atoms with van der Waals surface area (Å²) >= 11 is 1.68. The van der Waals surface area contributed by atoms with Crippen molar-refractivity contribution >= 4 is 39.2 Å². The molecule has 2 aliphatic rings. The van der Waals surface area contributed by atoms with E-state index in [9.17, 15) is 14.0 Å². The van der Waals surface area contributed by atoms with E-state index in [0.717, 1.165) is 29.5 Å². The molecule has 1 saturated heterocycles. The maximum Gasteiger partial charge on any atom is 0.309 e. The van der Waals surface area contributed by atoms with Gasteiger partial charge >= 0.3 is 5.97 Å². The van der Waals surface area contributed by atoms with Crippen LogP contribution in [0.4, 0.5) is 10.2 Å². The van der Waals surface area contributed by atoms with Crippen LogP contribution in [0, 0.1) is 11.7 Å². The van der Waals surface area contributed by atoms with Gasteiger partial charge in [0.05, 0.1) is 11.3 Å². The van der Waals surface area contributed by atoms with E-state index in [4.69, 9.17) is 10.5 Å². The highest BCUT2D eigenvalue weighted by molar-refractivity contribution is 7.19. The number of benzene rings is 1. The molecule has 178 valence electrons. The Hall–Kier alpha value is -3.07. The van der Waals surface area contributed by atoms with E-state index in [0.29, 0.717) is 43.1 Å². The van der Waals surface area contributed by atoms with Crippen LogP contribution in [0.5, 0.6) is 0 Å². The molecule has 1 fully saturated rings. The maximum atomic E-state index is 13.1. The number of nitrogens with zero attached hydrogens (tertiary/aromatic N) is 3. The van der Waals surface area contributed by atoms with Crippen LogP contribution in [0.2, 0.25) is 0 Å². The number of aryl methyl sites for hydroxylation is 2. The quantitative estimate of drug-likeness (QED) is 0.440. The minimum atomic E-state index is -0.378. The number of esters is 1. The van der Waals surface area contributed by atoms with Crippen molar-refractivity contribution in [3.8, 4) is 0 Å². The third-order valence-electron chi connectivity index (χ3n) is 6.69. The molecular weight excluding hydrogens is 455 g/mol. The number of halogens is 1. The van der Waals surface area contributed by atoms with Crippen LogP contribution in [0.25, 0.3) is 10.2 Å². The van der Waals surface area contributed by atoms with Crippen molar-refractivity contribution in [1.82, 2.24) is 14.9 Å². The molecule has 0 bridgehead atoms. The fourth-order valence-electron chi connectivity index (χ4n) is 4.82. The molecule has 1 amide bonds. The molecule has 0 saturated carbocycles. The number of thiophene rings is 1. The summed E-state index contributed by atoms with van der Waals surface area (Å²) in [5.41, 5.74) is 8.02. The Labute approximate surface area is 201 Å². The van der Waals surface area contributed by atoms with Gasteiger partial charge in [0.2, 0.25) is 0 Å². The van der Waals surface area contributed by atoms with E-state index in [-0.39, 0.29) is 30.2 Å². The lowest BCUT2D eigenvalue weighted by Gasteiger charge is -2.31. The molecular formula is C25H27FN4O3S. The molecule has 7 nitrogen and oxygen atoms in total. The van der Waals surface area contributed by atoms with E-state index < -0.39 is 0 Å². The van der Waals surface area contributed by atoms with E-state index in [2.05, 4.69) is 9.97 Å². The lowest BCUT2D eigenvalue weighted by molar-refractivity contribution is -0.151. The fraction of sp³-hybridized carbons (Fsp3) is 0.440. The van der Waals surface area contributed by atoms with Gasteiger partial charge in [-0.1, -0.05) is 6.42 Å². The summed E-state index contributed by atoms with van der Waals surface area (Å²) in [7, 11) is 0. The van der Waals surface area contributed by atoms with Crippen molar-refractivity contribution in [2.75, 3.05) is 18.8 Å². The molecule has 9 heteroatoms. The number of aromatic nitrogens is 2. The average Bonchev–Trinajstić information content (AvgIpc) is 3.04. The third-order valence-corrected chi connectivity index (χ3v) is 7.87. The first kappa shape index (κ1) is 22.7. The normalized spacial score (nSPS) is 16.8. The molecule has 34 heavy (non-hydrogen) atoms. The highest BCUT2D eigenvalue weighted by Crippen LogP contribution is 2.37. The molecule has 0 atom stereocenters. The molecule has 0 radical (unpaired) electrons. The fourth-order valence-corrected chi connectivity index (χ4v) is 6.11. The molecule has 1 aliphatic carbocycles. The Morgan fingerprint density at radius 1 is 1.09 bits per heavy atom. The molecule has 1 aliphatic heterocycles. The second-order valence-electron chi connectivity index (χ2n) is 8.95. The number of carbonyl (C=O) groups is 2. The molecule has 3 heterocycles. The van der Waals surface area contributed by atoms with E-state index in [1.807, 2.05) is 0 Å². The van der Waals surface area contributed by atoms with Crippen LogP contribution in [-0.2, 0) is 29.0 Å². The van der Waals surface area contributed by atoms with Gasteiger partial charge in [-0.2, -0.15) is 0 Å². The maximum absolute atomic E-state index is 13.1. The number of rotatable bonds is 4. The van der Waals surface area contributed by atoms with Crippen molar-refractivity contribution in [3.05, 3.63) is 51.9 Å². The molecule has 2 N–H and O–H groups in total. The molecule has 1 aromatic carbocycles. The van der Waals surface area contributed by atoms with Gasteiger partial charge in [0.1, 0.15) is 16.5 Å². The summed E-state index contributed by atoms with van der Waals surface area (Å²) in [6.07, 6.45) is 6.69. The Kier molecular flexibility index (Phi) is 6.45. The first-order valence-electron chi connectivity index (χ1n) is 11.8. The number of anilines is 1. The van der Waals surface area contributed by atoms with Crippen LogP contribution in [0.3, 0.4) is 0 Å². The van der Waals surface area contributed by atoms with Crippen LogP contribution in [0.1, 0.15) is 58.7 Å². The number of likely N-dealkylation sites (tertiary alicyclic amines) is 1. The largest absolute Gasteiger partial charge is 0.457 e. The highest BCUT2D eigenvalue weighted by Gasteiger charge is 2.29. The van der Waals surface area contributed by atoms with Gasteiger partial charge in [-0.05, 0) is 68.4 Å². The smallest absolute Gasteiger partial charge is 0.309 e. The van der Waals surface area contributed by atoms with Crippen molar-refractivity contribution in [3.63, 3.8) is 0 Å². The topological polar surface area (TPSA) is 98.4 Å². The van der Waals surface area contributed by atoms with Crippen molar-refractivity contribution in [1.29, 1.82) is 0 Å². The van der Waals surface area contributed by atoms with Crippen LogP contribution < -0.4 is 5.73 Å². The molecule has 3 aromatic rings. The predicted octanol–water partition coefficient (Wildman–Crippen LogP) is 4.28. The summed E-state index contributed by atoms with van der Waals surface area (Å²) in [6.45, 7) is 0.883. The number of nitrogen functional groups attached to an aromatic ring is 1. The van der Waals surface area contributed by atoms with Gasteiger partial charge < -0.3 is 15.4 Å². The Balaban J connectivity index is 1.18. The lowest BCUT2D eigenvalue weighted by Crippen LogP contribution is -2.40. The number of nitrogens with two attached hydrogens (primary N) is 1. The number of fused-ring (bicyclic) bond motifs is 3.